The Bertz CT molecular complexity index is 735. The van der Waals surface area contributed by atoms with Gasteiger partial charge in [-0.25, -0.2) is 0 Å². The molecule has 0 saturated carbocycles. The molecule has 1 aliphatic rings. The molecule has 1 saturated heterocycles. The van der Waals surface area contributed by atoms with Crippen LogP contribution in [0.25, 0.3) is 0 Å². The third-order valence-corrected chi connectivity index (χ3v) is 5.59. The Balaban J connectivity index is 1.46. The Kier molecular flexibility index (Phi) is 6.06. The van der Waals surface area contributed by atoms with E-state index in [1.807, 2.05) is 34.4 Å². The van der Waals surface area contributed by atoms with Crippen molar-refractivity contribution in [3.8, 4) is 0 Å². The third-order valence-electron chi connectivity index (χ3n) is 4.73. The zero-order valence-electron chi connectivity index (χ0n) is 15.4. The highest BCUT2D eigenvalue weighted by molar-refractivity contribution is 7.12. The van der Waals surface area contributed by atoms with Crippen molar-refractivity contribution in [2.24, 2.45) is 0 Å². The summed E-state index contributed by atoms with van der Waals surface area (Å²) >= 11 is 1.47. The van der Waals surface area contributed by atoms with E-state index in [1.54, 1.807) is 0 Å². The normalized spacial score (nSPS) is 15.8. The van der Waals surface area contributed by atoms with Crippen LogP contribution in [0.3, 0.4) is 0 Å². The zero-order valence-corrected chi connectivity index (χ0v) is 16.2. The number of hydrogen-bond donors (Lipinski definition) is 1. The minimum absolute atomic E-state index is 0.0780. The number of amides is 2. The number of piperazine rings is 1. The predicted molar refractivity (Wildman–Crippen MR) is 103 cm³/mol. The Hall–Kier alpha value is -2.18. The molecule has 138 valence electrons. The van der Waals surface area contributed by atoms with Crippen molar-refractivity contribution in [2.45, 2.75) is 13.5 Å². The Morgan fingerprint density at radius 3 is 2.31 bits per heavy atom. The van der Waals surface area contributed by atoms with E-state index >= 15 is 0 Å². The highest BCUT2D eigenvalue weighted by Crippen LogP contribution is 2.13. The summed E-state index contributed by atoms with van der Waals surface area (Å²) in [6.45, 7) is 5.85. The summed E-state index contributed by atoms with van der Waals surface area (Å²) in [7, 11) is 2.05. The molecule has 0 aliphatic carbocycles. The number of nitrogens with one attached hydrogen (secondary N) is 1. The van der Waals surface area contributed by atoms with Gasteiger partial charge in [-0.15, -0.1) is 11.3 Å². The molecule has 0 radical (unpaired) electrons. The number of nitrogens with zero attached hydrogens (tertiary/aromatic N) is 2. The van der Waals surface area contributed by atoms with Crippen LogP contribution >= 0.6 is 11.3 Å². The predicted octanol–water partition coefficient (Wildman–Crippen LogP) is 1.06. The van der Waals surface area contributed by atoms with Gasteiger partial charge in [-0.1, -0.05) is 35.9 Å². The average Bonchev–Trinajstić information content (AvgIpc) is 3.18. The number of thiophene rings is 1. The van der Waals surface area contributed by atoms with Crippen molar-refractivity contribution >= 4 is 23.2 Å². The van der Waals surface area contributed by atoms with Gasteiger partial charge in [-0.3, -0.25) is 9.59 Å². The first kappa shape index (κ1) is 18.6. The number of carbonyl (C=O) groups is 2. The van der Waals surface area contributed by atoms with Crippen LogP contribution < -0.4 is 4.90 Å². The minimum Gasteiger partial charge on any atom is -0.334 e. The number of benzene rings is 1. The molecule has 3 rings (SSSR count). The standard InChI is InChI=1S/C20H25N3O2S/c1-16-5-7-17(8-6-16)14-21(2)15-19(24)22-9-11-23(12-10-22)20(25)18-4-3-13-26-18/h3-8,13H,9-12,14-15H2,1-2H3/p+1. The van der Waals surface area contributed by atoms with Gasteiger partial charge in [0.2, 0.25) is 0 Å². The fraction of sp³-hybridized carbons (Fsp3) is 0.400. The molecule has 1 fully saturated rings. The lowest BCUT2D eigenvalue weighted by molar-refractivity contribution is -0.885. The first-order valence-electron chi connectivity index (χ1n) is 9.00. The summed E-state index contributed by atoms with van der Waals surface area (Å²) < 4.78 is 0. The van der Waals surface area contributed by atoms with Crippen LogP contribution in [0.5, 0.6) is 0 Å². The second-order valence-corrected chi connectivity index (χ2v) is 7.89. The molecule has 2 aromatic rings. The van der Waals surface area contributed by atoms with Gasteiger partial charge >= 0.3 is 0 Å². The monoisotopic (exact) mass is 372 g/mol. The van der Waals surface area contributed by atoms with Crippen molar-refractivity contribution < 1.29 is 14.5 Å². The molecule has 2 heterocycles. The molecule has 6 heteroatoms. The molecular formula is C20H26N3O2S+. The van der Waals surface area contributed by atoms with E-state index in [4.69, 9.17) is 0 Å². The molecule has 1 aliphatic heterocycles. The first-order valence-corrected chi connectivity index (χ1v) is 9.88. The molecule has 1 atom stereocenters. The van der Waals surface area contributed by atoms with Crippen molar-refractivity contribution in [3.63, 3.8) is 0 Å². The summed E-state index contributed by atoms with van der Waals surface area (Å²) in [5, 5.41) is 1.92. The van der Waals surface area contributed by atoms with Gasteiger partial charge in [0.25, 0.3) is 11.8 Å². The average molecular weight is 373 g/mol. The van der Waals surface area contributed by atoms with E-state index in [1.165, 1.54) is 27.4 Å². The van der Waals surface area contributed by atoms with E-state index in [2.05, 4.69) is 31.2 Å². The van der Waals surface area contributed by atoms with Crippen LogP contribution in [-0.2, 0) is 11.3 Å². The largest absolute Gasteiger partial charge is 0.334 e. The highest BCUT2D eigenvalue weighted by Gasteiger charge is 2.26. The number of aryl methyl sites for hydroxylation is 1. The number of quaternary nitrogens is 1. The maximum atomic E-state index is 12.6. The SMILES string of the molecule is Cc1ccc(C[NH+](C)CC(=O)N2CCN(C(=O)c3cccs3)CC2)cc1. The van der Waals surface area contributed by atoms with Crippen LogP contribution in [-0.4, -0.2) is 61.4 Å². The van der Waals surface area contributed by atoms with Gasteiger partial charge in [0.1, 0.15) is 6.54 Å². The second kappa shape index (κ2) is 8.47. The molecule has 1 unspecified atom stereocenters. The number of rotatable bonds is 5. The van der Waals surface area contributed by atoms with Crippen LogP contribution in [0.4, 0.5) is 0 Å². The van der Waals surface area contributed by atoms with Gasteiger partial charge in [0.15, 0.2) is 6.54 Å². The summed E-state index contributed by atoms with van der Waals surface area (Å²) in [6, 6.07) is 12.2. The summed E-state index contributed by atoms with van der Waals surface area (Å²) in [5.74, 6) is 0.243. The zero-order chi connectivity index (χ0) is 18.5. The summed E-state index contributed by atoms with van der Waals surface area (Å²) in [4.78, 5) is 30.6. The topological polar surface area (TPSA) is 45.1 Å². The van der Waals surface area contributed by atoms with Gasteiger partial charge < -0.3 is 14.7 Å². The van der Waals surface area contributed by atoms with Crippen LogP contribution in [0, 0.1) is 6.92 Å². The van der Waals surface area contributed by atoms with E-state index in [0.29, 0.717) is 32.7 Å². The number of likely N-dealkylation sites (N-methyl/N-ethyl adjacent to an activating group) is 1. The maximum Gasteiger partial charge on any atom is 0.277 e. The lowest BCUT2D eigenvalue weighted by Crippen LogP contribution is -3.09. The fourth-order valence-electron chi connectivity index (χ4n) is 3.20. The van der Waals surface area contributed by atoms with Gasteiger partial charge in [0.05, 0.1) is 11.9 Å². The van der Waals surface area contributed by atoms with Crippen LogP contribution in [0.1, 0.15) is 20.8 Å². The highest BCUT2D eigenvalue weighted by atomic mass is 32.1. The van der Waals surface area contributed by atoms with Gasteiger partial charge in [-0.2, -0.15) is 0 Å². The molecule has 0 bridgehead atoms. The van der Waals surface area contributed by atoms with E-state index in [-0.39, 0.29) is 11.8 Å². The quantitative estimate of drug-likeness (QED) is 0.853. The van der Waals surface area contributed by atoms with Crippen LogP contribution in [0.2, 0.25) is 0 Å². The van der Waals surface area contributed by atoms with Crippen molar-refractivity contribution in [1.29, 1.82) is 0 Å². The van der Waals surface area contributed by atoms with E-state index in [0.717, 1.165) is 11.4 Å². The van der Waals surface area contributed by atoms with Gasteiger partial charge in [0, 0.05) is 31.7 Å². The van der Waals surface area contributed by atoms with E-state index in [9.17, 15) is 9.59 Å². The lowest BCUT2D eigenvalue weighted by atomic mass is 10.1. The Labute approximate surface area is 158 Å². The minimum atomic E-state index is 0.0780. The number of hydrogen-bond acceptors (Lipinski definition) is 3. The first-order chi connectivity index (χ1) is 12.5. The lowest BCUT2D eigenvalue weighted by Gasteiger charge is -2.34. The third kappa shape index (κ3) is 4.71. The molecule has 1 aromatic carbocycles. The van der Waals surface area contributed by atoms with Crippen molar-refractivity contribution in [3.05, 3.63) is 57.8 Å². The molecule has 1 aromatic heterocycles. The fourth-order valence-corrected chi connectivity index (χ4v) is 3.89. The van der Waals surface area contributed by atoms with Crippen LogP contribution in [0.15, 0.2) is 41.8 Å². The molecule has 1 N–H and O–H groups in total. The van der Waals surface area contributed by atoms with E-state index < -0.39 is 0 Å². The maximum absolute atomic E-state index is 12.6. The molecule has 5 nitrogen and oxygen atoms in total. The molecule has 2 amide bonds. The smallest absolute Gasteiger partial charge is 0.277 e. The van der Waals surface area contributed by atoms with Gasteiger partial charge in [-0.05, 0) is 18.4 Å². The van der Waals surface area contributed by atoms with Crippen molar-refractivity contribution in [1.82, 2.24) is 9.80 Å². The molecular weight excluding hydrogens is 346 g/mol. The molecule has 26 heavy (non-hydrogen) atoms. The summed E-state index contributed by atoms with van der Waals surface area (Å²) in [5.41, 5.74) is 2.49. The molecule has 0 spiro atoms. The number of carbonyl (C=O) groups excluding carboxylic acids is 2. The summed E-state index contributed by atoms with van der Waals surface area (Å²) in [6.07, 6.45) is 0. The van der Waals surface area contributed by atoms with Crippen molar-refractivity contribution in [2.75, 3.05) is 39.8 Å². The Morgan fingerprint density at radius 2 is 1.69 bits per heavy atom. The second-order valence-electron chi connectivity index (χ2n) is 6.95. The Morgan fingerprint density at radius 1 is 1.04 bits per heavy atom.